The van der Waals surface area contributed by atoms with E-state index in [1.54, 1.807) is 6.20 Å². The van der Waals surface area contributed by atoms with Crippen LogP contribution in [0.1, 0.15) is 18.4 Å². The molecule has 4 aromatic heterocycles. The van der Waals surface area contributed by atoms with Crippen LogP contribution in [0.15, 0.2) is 46.7 Å². The van der Waals surface area contributed by atoms with Crippen molar-refractivity contribution in [1.29, 1.82) is 0 Å². The number of fused-ring (bicyclic) bond motifs is 1. The Kier molecular flexibility index (Phi) is 4.64. The van der Waals surface area contributed by atoms with Gasteiger partial charge < -0.3 is 9.88 Å². The van der Waals surface area contributed by atoms with Gasteiger partial charge in [0.2, 0.25) is 0 Å². The molecule has 0 atom stereocenters. The van der Waals surface area contributed by atoms with E-state index < -0.39 is 0 Å². The van der Waals surface area contributed by atoms with Crippen molar-refractivity contribution >= 4 is 27.4 Å². The van der Waals surface area contributed by atoms with Crippen molar-refractivity contribution in [3.05, 3.63) is 63.8 Å². The fourth-order valence-electron chi connectivity index (χ4n) is 2.77. The highest BCUT2D eigenvalue weighted by atomic mass is 32.1. The summed E-state index contributed by atoms with van der Waals surface area (Å²) in [4.78, 5) is 35.1. The van der Waals surface area contributed by atoms with Crippen LogP contribution in [0.4, 0.5) is 5.82 Å². The van der Waals surface area contributed by atoms with Crippen LogP contribution in [-0.2, 0) is 13.0 Å². The van der Waals surface area contributed by atoms with Crippen LogP contribution in [0, 0.1) is 0 Å². The predicted molar refractivity (Wildman–Crippen MR) is 107 cm³/mol. The van der Waals surface area contributed by atoms with Gasteiger partial charge in [0.1, 0.15) is 22.0 Å². The molecule has 4 heterocycles. The Morgan fingerprint density at radius 3 is 2.85 bits per heavy atom. The van der Waals surface area contributed by atoms with Crippen molar-refractivity contribution < 1.29 is 0 Å². The smallest absolute Gasteiger partial charge is 0.268 e. The van der Waals surface area contributed by atoms with Gasteiger partial charge in [0.05, 0.1) is 12.1 Å². The molecule has 0 unspecified atom stereocenters. The van der Waals surface area contributed by atoms with E-state index in [1.165, 1.54) is 11.3 Å². The first-order valence-electron chi connectivity index (χ1n) is 8.61. The Morgan fingerprint density at radius 1 is 1.19 bits per heavy atom. The lowest BCUT2D eigenvalue weighted by atomic mass is 10.2. The largest absolute Gasteiger partial charge is 0.352 e. The summed E-state index contributed by atoms with van der Waals surface area (Å²) in [5, 5.41) is 1.87. The van der Waals surface area contributed by atoms with Gasteiger partial charge >= 0.3 is 0 Å². The molecule has 0 aliphatic carbocycles. The van der Waals surface area contributed by atoms with Crippen LogP contribution in [-0.4, -0.2) is 32.0 Å². The number of thiophene rings is 1. The molecule has 0 saturated carbocycles. The Hall–Kier alpha value is -3.13. The van der Waals surface area contributed by atoms with Crippen molar-refractivity contribution in [1.82, 2.24) is 24.9 Å². The quantitative estimate of drug-likeness (QED) is 0.574. The number of anilines is 1. The van der Waals surface area contributed by atoms with Gasteiger partial charge in [-0.1, -0.05) is 13.0 Å². The maximum Gasteiger partial charge on any atom is 0.268 e. The number of nitrogens with one attached hydrogen (secondary N) is 1. The molecule has 0 aliphatic heterocycles. The number of aryl methyl sites for hydroxylation is 1. The molecule has 0 saturated heterocycles. The standard InChI is InChI=1S/C19H18N6OS/c1-3-12-10-16(24-18(21-12)14-6-4-5-8-20-14)25(2)11-15-22-13-7-9-27-17(13)19(26)23-15/h4-10H,3,11H2,1-2H3,(H,22,23,26). The highest BCUT2D eigenvalue weighted by Gasteiger charge is 2.13. The molecule has 0 fully saturated rings. The van der Waals surface area contributed by atoms with Gasteiger partial charge in [-0.05, 0) is 30.0 Å². The van der Waals surface area contributed by atoms with Crippen molar-refractivity contribution in [3.8, 4) is 11.5 Å². The first kappa shape index (κ1) is 17.3. The van der Waals surface area contributed by atoms with E-state index in [9.17, 15) is 4.79 Å². The van der Waals surface area contributed by atoms with Crippen LogP contribution in [0.2, 0.25) is 0 Å². The van der Waals surface area contributed by atoms with Crippen LogP contribution >= 0.6 is 11.3 Å². The summed E-state index contributed by atoms with van der Waals surface area (Å²) < 4.78 is 0.647. The molecule has 4 rings (SSSR count). The third kappa shape index (κ3) is 3.56. The maximum atomic E-state index is 12.2. The van der Waals surface area contributed by atoms with Gasteiger partial charge in [-0.15, -0.1) is 11.3 Å². The molecule has 27 heavy (non-hydrogen) atoms. The Morgan fingerprint density at radius 2 is 2.07 bits per heavy atom. The predicted octanol–water partition coefficient (Wildman–Crippen LogP) is 3.04. The molecule has 4 aromatic rings. The average molecular weight is 378 g/mol. The third-order valence-corrected chi connectivity index (χ3v) is 5.07. The molecular weight excluding hydrogens is 360 g/mol. The second kappa shape index (κ2) is 7.24. The van der Waals surface area contributed by atoms with Crippen LogP contribution in [0.5, 0.6) is 0 Å². The summed E-state index contributed by atoms with van der Waals surface area (Å²) >= 11 is 1.39. The van der Waals surface area contributed by atoms with E-state index in [4.69, 9.17) is 0 Å². The summed E-state index contributed by atoms with van der Waals surface area (Å²) in [6.07, 6.45) is 2.52. The molecule has 0 bridgehead atoms. The number of hydrogen-bond acceptors (Lipinski definition) is 7. The van der Waals surface area contributed by atoms with Gasteiger partial charge in [-0.2, -0.15) is 0 Å². The zero-order valence-electron chi connectivity index (χ0n) is 15.0. The number of hydrogen-bond donors (Lipinski definition) is 1. The van der Waals surface area contributed by atoms with Gasteiger partial charge in [-0.25, -0.2) is 15.0 Å². The van der Waals surface area contributed by atoms with E-state index in [2.05, 4.69) is 31.8 Å². The summed E-state index contributed by atoms with van der Waals surface area (Å²) in [5.41, 5.74) is 2.28. The van der Waals surface area contributed by atoms with Crippen LogP contribution < -0.4 is 10.5 Å². The van der Waals surface area contributed by atoms with E-state index >= 15 is 0 Å². The van der Waals surface area contributed by atoms with E-state index in [0.29, 0.717) is 22.9 Å². The summed E-state index contributed by atoms with van der Waals surface area (Å²) in [5.74, 6) is 1.95. The molecule has 0 radical (unpaired) electrons. The first-order chi connectivity index (χ1) is 13.1. The average Bonchev–Trinajstić information content (AvgIpc) is 3.17. The molecule has 7 nitrogen and oxygen atoms in total. The molecular formula is C19H18N6OS. The number of aromatic nitrogens is 5. The lowest BCUT2D eigenvalue weighted by Crippen LogP contribution is -2.22. The second-order valence-electron chi connectivity index (χ2n) is 6.11. The third-order valence-electron chi connectivity index (χ3n) is 4.16. The number of nitrogens with zero attached hydrogens (tertiary/aromatic N) is 5. The van der Waals surface area contributed by atoms with Crippen molar-refractivity contribution in [2.75, 3.05) is 11.9 Å². The zero-order chi connectivity index (χ0) is 18.8. The van der Waals surface area contributed by atoms with Crippen molar-refractivity contribution in [3.63, 3.8) is 0 Å². The monoisotopic (exact) mass is 378 g/mol. The van der Waals surface area contributed by atoms with Crippen molar-refractivity contribution in [2.45, 2.75) is 19.9 Å². The number of rotatable bonds is 5. The minimum absolute atomic E-state index is 0.107. The van der Waals surface area contributed by atoms with Gasteiger partial charge in [0, 0.05) is 25.0 Å². The fraction of sp³-hybridized carbons (Fsp3) is 0.211. The second-order valence-corrected chi connectivity index (χ2v) is 7.03. The highest BCUT2D eigenvalue weighted by molar-refractivity contribution is 7.17. The van der Waals surface area contributed by atoms with Crippen molar-refractivity contribution in [2.24, 2.45) is 0 Å². The number of pyridine rings is 1. The molecule has 0 aromatic carbocycles. The molecule has 136 valence electrons. The SMILES string of the molecule is CCc1cc(N(C)Cc2nc3ccsc3c(=O)[nH]2)nc(-c2ccccn2)n1. The molecule has 0 aliphatic rings. The van der Waals surface area contributed by atoms with Gasteiger partial charge in [0.15, 0.2) is 5.82 Å². The van der Waals surface area contributed by atoms with E-state index in [0.717, 1.165) is 29.1 Å². The van der Waals surface area contributed by atoms with Gasteiger partial charge in [0.25, 0.3) is 5.56 Å². The van der Waals surface area contributed by atoms with E-state index in [-0.39, 0.29) is 5.56 Å². The minimum atomic E-state index is -0.107. The Labute approximate surface area is 159 Å². The summed E-state index contributed by atoms with van der Waals surface area (Å²) in [7, 11) is 1.92. The summed E-state index contributed by atoms with van der Waals surface area (Å²) in [6.45, 7) is 2.49. The normalized spacial score (nSPS) is 11.0. The fourth-order valence-corrected chi connectivity index (χ4v) is 3.50. The molecule has 0 amide bonds. The number of aromatic amines is 1. The highest BCUT2D eigenvalue weighted by Crippen LogP contribution is 2.20. The van der Waals surface area contributed by atoms with Gasteiger partial charge in [-0.3, -0.25) is 9.78 Å². The maximum absolute atomic E-state index is 12.2. The Bertz CT molecular complexity index is 1140. The van der Waals surface area contributed by atoms with Crippen LogP contribution in [0.25, 0.3) is 21.7 Å². The minimum Gasteiger partial charge on any atom is -0.352 e. The molecule has 1 N–H and O–H groups in total. The summed E-state index contributed by atoms with van der Waals surface area (Å²) in [6, 6.07) is 9.48. The first-order valence-corrected chi connectivity index (χ1v) is 9.49. The van der Waals surface area contributed by atoms with E-state index in [1.807, 2.05) is 47.7 Å². The lowest BCUT2D eigenvalue weighted by Gasteiger charge is -2.19. The Balaban J connectivity index is 1.68. The topological polar surface area (TPSA) is 87.7 Å². The molecule has 0 spiro atoms. The number of H-pyrrole nitrogens is 1. The lowest BCUT2D eigenvalue weighted by molar-refractivity contribution is 0.820. The zero-order valence-corrected chi connectivity index (χ0v) is 15.8. The molecule has 8 heteroatoms. The van der Waals surface area contributed by atoms with Crippen LogP contribution in [0.3, 0.4) is 0 Å².